The number of carboxylic acids is 1. The van der Waals surface area contributed by atoms with Gasteiger partial charge in [-0.25, -0.2) is 9.18 Å². The van der Waals surface area contributed by atoms with E-state index in [0.717, 1.165) is 0 Å². The minimum Gasteiger partial charge on any atom is -0.478 e. The molecule has 2 aromatic rings. The average molecular weight is 231 g/mol. The maximum Gasteiger partial charge on any atom is 0.335 e. The van der Waals surface area contributed by atoms with E-state index in [0.29, 0.717) is 16.8 Å². The minimum absolute atomic E-state index is 0.124. The zero-order valence-corrected chi connectivity index (χ0v) is 8.85. The molecule has 0 aromatic heterocycles. The van der Waals surface area contributed by atoms with Crippen molar-refractivity contribution in [3.63, 3.8) is 0 Å². The molecule has 86 valence electrons. The number of aromatic carboxylic acids is 1. The molecule has 17 heavy (non-hydrogen) atoms. The third-order valence-corrected chi connectivity index (χ3v) is 2.41. The van der Waals surface area contributed by atoms with Crippen LogP contribution < -0.4 is 5.73 Å². The monoisotopic (exact) mass is 231 g/mol. The van der Waals surface area contributed by atoms with Crippen LogP contribution in [0.2, 0.25) is 0 Å². The molecule has 0 saturated carbocycles. The van der Waals surface area contributed by atoms with E-state index in [1.807, 2.05) is 0 Å². The van der Waals surface area contributed by atoms with E-state index in [1.54, 1.807) is 18.2 Å². The molecule has 0 aliphatic carbocycles. The summed E-state index contributed by atoms with van der Waals surface area (Å²) in [4.78, 5) is 10.8. The number of anilines is 1. The van der Waals surface area contributed by atoms with Crippen molar-refractivity contribution < 1.29 is 14.3 Å². The predicted molar refractivity (Wildman–Crippen MR) is 63.2 cm³/mol. The fraction of sp³-hybridized carbons (Fsp3) is 0. The van der Waals surface area contributed by atoms with Gasteiger partial charge in [0.25, 0.3) is 0 Å². The SMILES string of the molecule is Nc1ccc(-c2cccc(C(=O)O)c2)c(F)c1. The van der Waals surface area contributed by atoms with Crippen LogP contribution in [-0.4, -0.2) is 11.1 Å². The highest BCUT2D eigenvalue weighted by Gasteiger charge is 2.08. The van der Waals surface area contributed by atoms with Crippen molar-refractivity contribution in [1.29, 1.82) is 0 Å². The van der Waals surface area contributed by atoms with Crippen LogP contribution >= 0.6 is 0 Å². The summed E-state index contributed by atoms with van der Waals surface area (Å²) in [6, 6.07) is 10.4. The molecule has 4 heteroatoms. The first-order valence-electron chi connectivity index (χ1n) is 4.96. The van der Waals surface area contributed by atoms with Crippen LogP contribution in [0.15, 0.2) is 42.5 Å². The Labute approximate surface area is 97.3 Å². The van der Waals surface area contributed by atoms with Crippen LogP contribution in [0.25, 0.3) is 11.1 Å². The molecule has 0 spiro atoms. The van der Waals surface area contributed by atoms with Gasteiger partial charge in [0.1, 0.15) is 5.82 Å². The van der Waals surface area contributed by atoms with Gasteiger partial charge >= 0.3 is 5.97 Å². The van der Waals surface area contributed by atoms with Crippen molar-refractivity contribution in [3.8, 4) is 11.1 Å². The highest BCUT2D eigenvalue weighted by Crippen LogP contribution is 2.25. The molecule has 0 bridgehead atoms. The second-order valence-corrected chi connectivity index (χ2v) is 3.63. The molecular weight excluding hydrogens is 221 g/mol. The maximum absolute atomic E-state index is 13.6. The van der Waals surface area contributed by atoms with E-state index in [2.05, 4.69) is 0 Å². The van der Waals surface area contributed by atoms with Crippen LogP contribution in [0.3, 0.4) is 0 Å². The fourth-order valence-corrected chi connectivity index (χ4v) is 1.59. The van der Waals surface area contributed by atoms with Gasteiger partial charge in [0.05, 0.1) is 5.56 Å². The number of nitrogen functional groups attached to an aromatic ring is 1. The van der Waals surface area contributed by atoms with E-state index in [1.165, 1.54) is 24.3 Å². The Kier molecular flexibility index (Phi) is 2.78. The number of hydrogen-bond donors (Lipinski definition) is 2. The van der Waals surface area contributed by atoms with Crippen molar-refractivity contribution in [3.05, 3.63) is 53.8 Å². The lowest BCUT2D eigenvalue weighted by Gasteiger charge is -2.05. The molecule has 0 radical (unpaired) electrons. The molecule has 0 atom stereocenters. The topological polar surface area (TPSA) is 63.3 Å². The molecule has 2 aromatic carbocycles. The molecule has 2 rings (SSSR count). The number of hydrogen-bond acceptors (Lipinski definition) is 2. The van der Waals surface area contributed by atoms with Gasteiger partial charge in [0, 0.05) is 11.3 Å². The molecular formula is C13H10FNO2. The summed E-state index contributed by atoms with van der Waals surface area (Å²) >= 11 is 0. The molecule has 3 nitrogen and oxygen atoms in total. The molecule has 0 aliphatic heterocycles. The first-order valence-corrected chi connectivity index (χ1v) is 4.96. The second kappa shape index (κ2) is 4.25. The van der Waals surface area contributed by atoms with Crippen molar-refractivity contribution in [1.82, 2.24) is 0 Å². The Hall–Kier alpha value is -2.36. The number of rotatable bonds is 2. The van der Waals surface area contributed by atoms with Crippen LogP contribution in [0.1, 0.15) is 10.4 Å². The molecule has 0 saturated heterocycles. The van der Waals surface area contributed by atoms with Crippen LogP contribution in [0.5, 0.6) is 0 Å². The quantitative estimate of drug-likeness (QED) is 0.781. The lowest BCUT2D eigenvalue weighted by atomic mass is 10.0. The molecule has 0 fully saturated rings. The van der Waals surface area contributed by atoms with Gasteiger partial charge in [-0.1, -0.05) is 12.1 Å². The highest BCUT2D eigenvalue weighted by molar-refractivity contribution is 5.89. The van der Waals surface area contributed by atoms with Gasteiger partial charge in [0.15, 0.2) is 0 Å². The Bertz CT molecular complexity index is 581. The lowest BCUT2D eigenvalue weighted by molar-refractivity contribution is 0.0697. The van der Waals surface area contributed by atoms with E-state index in [-0.39, 0.29) is 5.56 Å². The molecule has 3 N–H and O–H groups in total. The number of carbonyl (C=O) groups is 1. The van der Waals surface area contributed by atoms with Crippen LogP contribution in [-0.2, 0) is 0 Å². The summed E-state index contributed by atoms with van der Waals surface area (Å²) in [6.07, 6.45) is 0. The fourth-order valence-electron chi connectivity index (χ4n) is 1.59. The van der Waals surface area contributed by atoms with Gasteiger partial charge < -0.3 is 10.8 Å². The number of halogens is 1. The third kappa shape index (κ3) is 2.25. The van der Waals surface area contributed by atoms with Crippen LogP contribution in [0.4, 0.5) is 10.1 Å². The van der Waals surface area contributed by atoms with E-state index in [9.17, 15) is 9.18 Å². The molecule has 0 heterocycles. The average Bonchev–Trinajstić information content (AvgIpc) is 2.29. The summed E-state index contributed by atoms with van der Waals surface area (Å²) in [6.45, 7) is 0. The van der Waals surface area contributed by atoms with E-state index >= 15 is 0 Å². The van der Waals surface area contributed by atoms with Gasteiger partial charge in [-0.05, 0) is 35.9 Å². The highest BCUT2D eigenvalue weighted by atomic mass is 19.1. The number of carboxylic acid groups (broad SMARTS) is 1. The first kappa shape index (κ1) is 11.1. The summed E-state index contributed by atoms with van der Waals surface area (Å²) in [5.74, 6) is -1.50. The van der Waals surface area contributed by atoms with Gasteiger partial charge in [-0.15, -0.1) is 0 Å². The zero-order chi connectivity index (χ0) is 12.4. The van der Waals surface area contributed by atoms with Crippen molar-refractivity contribution in [2.24, 2.45) is 0 Å². The Balaban J connectivity index is 2.53. The van der Waals surface area contributed by atoms with Crippen molar-refractivity contribution >= 4 is 11.7 Å². The summed E-state index contributed by atoms with van der Waals surface area (Å²) in [5.41, 5.74) is 6.76. The normalized spacial score (nSPS) is 10.2. The second-order valence-electron chi connectivity index (χ2n) is 3.63. The Morgan fingerprint density at radius 3 is 2.59 bits per heavy atom. The zero-order valence-electron chi connectivity index (χ0n) is 8.85. The molecule has 0 aliphatic rings. The largest absolute Gasteiger partial charge is 0.478 e. The molecule has 0 unspecified atom stereocenters. The maximum atomic E-state index is 13.6. The minimum atomic E-state index is -1.04. The number of benzene rings is 2. The molecule has 0 amide bonds. The Morgan fingerprint density at radius 2 is 1.94 bits per heavy atom. The lowest BCUT2D eigenvalue weighted by Crippen LogP contribution is -1.96. The van der Waals surface area contributed by atoms with E-state index < -0.39 is 11.8 Å². The smallest absolute Gasteiger partial charge is 0.335 e. The Morgan fingerprint density at radius 1 is 1.18 bits per heavy atom. The van der Waals surface area contributed by atoms with E-state index in [4.69, 9.17) is 10.8 Å². The van der Waals surface area contributed by atoms with Gasteiger partial charge in [-0.2, -0.15) is 0 Å². The van der Waals surface area contributed by atoms with Crippen molar-refractivity contribution in [2.45, 2.75) is 0 Å². The van der Waals surface area contributed by atoms with Crippen molar-refractivity contribution in [2.75, 3.05) is 5.73 Å². The summed E-state index contributed by atoms with van der Waals surface area (Å²) in [7, 11) is 0. The van der Waals surface area contributed by atoms with Gasteiger partial charge in [0.2, 0.25) is 0 Å². The first-order chi connectivity index (χ1) is 8.08. The van der Waals surface area contributed by atoms with Gasteiger partial charge in [-0.3, -0.25) is 0 Å². The summed E-state index contributed by atoms with van der Waals surface area (Å²) in [5, 5.41) is 8.86. The standard InChI is InChI=1S/C13H10FNO2/c14-12-7-10(15)4-5-11(12)8-2-1-3-9(6-8)13(16)17/h1-7H,15H2,(H,16,17). The predicted octanol–water partition coefficient (Wildman–Crippen LogP) is 2.77. The third-order valence-electron chi connectivity index (χ3n) is 2.41. The van der Waals surface area contributed by atoms with Crippen LogP contribution in [0, 0.1) is 5.82 Å². The summed E-state index contributed by atoms with van der Waals surface area (Å²) < 4.78 is 13.6. The number of nitrogens with two attached hydrogens (primary N) is 1.